The molecule has 56 heavy (non-hydrogen) atoms. The topological polar surface area (TPSA) is 281 Å². The van der Waals surface area contributed by atoms with E-state index in [9.17, 15) is 34.8 Å². The molecule has 2 unspecified atom stereocenters. The molecule has 2 aliphatic heterocycles. The first-order chi connectivity index (χ1) is 27.0. The van der Waals surface area contributed by atoms with Crippen molar-refractivity contribution in [1.29, 1.82) is 0 Å². The van der Waals surface area contributed by atoms with Gasteiger partial charge in [0.1, 0.15) is 42.3 Å². The Morgan fingerprint density at radius 2 is 1.43 bits per heavy atom. The monoisotopic (exact) mass is 809 g/mol. The molecule has 0 bridgehead atoms. The molecule has 0 aromatic carbocycles. The number of carbonyl (C=O) groups is 3. The van der Waals surface area contributed by atoms with Crippen LogP contribution in [-0.4, -0.2) is 218 Å². The van der Waals surface area contributed by atoms with Crippen LogP contribution in [0, 0.1) is 0 Å². The lowest BCUT2D eigenvalue weighted by Crippen LogP contribution is -2.63. The van der Waals surface area contributed by atoms with E-state index in [-0.39, 0.29) is 52.0 Å². The second kappa shape index (κ2) is 25.5. The van der Waals surface area contributed by atoms with E-state index in [2.05, 4.69) is 15.6 Å². The van der Waals surface area contributed by atoms with E-state index in [1.165, 1.54) is 36.9 Å². The number of Topliss-reactive ketones (excluding diaryl/α,β-unsaturated/α-hetero) is 1. The molecule has 0 aliphatic carbocycles. The third kappa shape index (κ3) is 13.9. The van der Waals surface area contributed by atoms with E-state index >= 15 is 0 Å². The smallest absolute Gasteiger partial charge is 0.254 e. The molecule has 2 amide bonds. The zero-order valence-corrected chi connectivity index (χ0v) is 32.4. The zero-order chi connectivity index (χ0) is 41.0. The van der Waals surface area contributed by atoms with Crippen LogP contribution < -0.4 is 5.32 Å². The number of aliphatic hydroxyl groups is 5. The molecule has 22 nitrogen and oxygen atoms in total. The minimum Gasteiger partial charge on any atom is -0.396 e. The molecular weight excluding hydrogens is 750 g/mol. The van der Waals surface area contributed by atoms with Crippen molar-refractivity contribution in [1.82, 2.24) is 25.2 Å². The van der Waals surface area contributed by atoms with Gasteiger partial charge in [0.15, 0.2) is 30.6 Å². The van der Waals surface area contributed by atoms with E-state index in [1.54, 1.807) is 6.92 Å². The van der Waals surface area contributed by atoms with Crippen molar-refractivity contribution in [2.45, 2.75) is 94.6 Å². The van der Waals surface area contributed by atoms with Gasteiger partial charge in [-0.2, -0.15) is 0 Å². The maximum atomic E-state index is 13.3. The fourth-order valence-electron chi connectivity index (χ4n) is 5.97. The molecular formula is C34H59N5O17. The summed E-state index contributed by atoms with van der Waals surface area (Å²) < 4.78 is 51.1. The third-order valence-electron chi connectivity index (χ3n) is 9.02. The minimum absolute atomic E-state index is 0.0257. The molecule has 0 saturated carbocycles. The maximum absolute atomic E-state index is 13.3. The predicted octanol–water partition coefficient (Wildman–Crippen LogP) is -3.78. The Labute approximate surface area is 325 Å². The molecule has 1 aromatic rings. The minimum atomic E-state index is -1.61. The summed E-state index contributed by atoms with van der Waals surface area (Å²) in [5.41, 5.74) is 0.406. The summed E-state index contributed by atoms with van der Waals surface area (Å²) in [5, 5.41) is 62.1. The summed E-state index contributed by atoms with van der Waals surface area (Å²) in [5.74, 6) is -1.30. The Hall–Kier alpha value is -2.81. The normalized spacial score (nSPS) is 27.9. The number of hydrogen-bond acceptors (Lipinski definition) is 19. The number of ketones is 1. The summed E-state index contributed by atoms with van der Waals surface area (Å²) in [7, 11) is 2.51. The highest BCUT2D eigenvalue weighted by Gasteiger charge is 2.50. The first-order valence-electron chi connectivity index (χ1n) is 18.6. The van der Waals surface area contributed by atoms with Crippen molar-refractivity contribution in [3.05, 3.63) is 11.9 Å². The Kier molecular flexibility index (Phi) is 21.7. The largest absolute Gasteiger partial charge is 0.396 e. The van der Waals surface area contributed by atoms with Gasteiger partial charge in [0.2, 0.25) is 0 Å². The van der Waals surface area contributed by atoms with Gasteiger partial charge in [-0.3, -0.25) is 14.4 Å². The second-order valence-corrected chi connectivity index (χ2v) is 12.8. The van der Waals surface area contributed by atoms with E-state index < -0.39 is 73.2 Å². The van der Waals surface area contributed by atoms with Crippen molar-refractivity contribution in [3.8, 4) is 0 Å². The van der Waals surface area contributed by atoms with Gasteiger partial charge in [-0.1, -0.05) is 5.21 Å². The SMILES string of the molecule is CCN(CCCCO)C(=O)C1O[C@@H](OCCO[C@@H]2C(C(=O)NCCOCCOCCOCCn3nncc3C(C)=O)O[C@@H](OC)[C@@H](O)[C@H]2O)[C@@H](O)[C@@H](O)[C@@H]1OC. The number of carbonyl (C=O) groups excluding carboxylic acids is 3. The second-order valence-electron chi connectivity index (χ2n) is 12.8. The van der Waals surface area contributed by atoms with Crippen molar-refractivity contribution < 1.29 is 82.5 Å². The number of unbranched alkanes of at least 4 members (excludes halogenated alkanes) is 1. The number of likely N-dealkylation sites (N-methyl/N-ethyl adjacent to an activating group) is 1. The van der Waals surface area contributed by atoms with Crippen LogP contribution in [0.25, 0.3) is 0 Å². The molecule has 322 valence electrons. The number of aromatic nitrogens is 3. The predicted molar refractivity (Wildman–Crippen MR) is 189 cm³/mol. The van der Waals surface area contributed by atoms with E-state index in [4.69, 9.17) is 47.7 Å². The van der Waals surface area contributed by atoms with Gasteiger partial charge in [-0.05, 0) is 19.8 Å². The van der Waals surface area contributed by atoms with Gasteiger partial charge < -0.3 is 78.4 Å². The lowest BCUT2D eigenvalue weighted by molar-refractivity contribution is -0.305. The standard InChI is InChI=1S/C34H59N5O17/c1-5-38(9-6-7-11-40)32(47)30-27(48-3)23(42)26(45)34(56-30)54-19-18-53-28-24(43)25(44)33(49-4)55-29(28)31(46)35-8-12-50-14-16-52-17-15-51-13-10-39-22(21(2)41)20-36-37-39/h20,23-30,33-34,40,42-45H,5-19H2,1-4H3,(H,35,46)/t23-,24-,25+,26+,27+,28+,29?,30?,33-,34-/m1/s1. The number of hydrogen-bond donors (Lipinski definition) is 6. The van der Waals surface area contributed by atoms with Crippen molar-refractivity contribution >= 4 is 17.6 Å². The molecule has 0 spiro atoms. The van der Waals surface area contributed by atoms with Gasteiger partial charge >= 0.3 is 0 Å². The maximum Gasteiger partial charge on any atom is 0.254 e. The highest BCUT2D eigenvalue weighted by Crippen LogP contribution is 2.27. The molecule has 3 rings (SSSR count). The highest BCUT2D eigenvalue weighted by molar-refractivity contribution is 5.91. The fourth-order valence-corrected chi connectivity index (χ4v) is 5.97. The molecule has 10 atom stereocenters. The number of aliphatic hydroxyl groups excluding tert-OH is 5. The van der Waals surface area contributed by atoms with Crippen LogP contribution in [0.2, 0.25) is 0 Å². The zero-order valence-electron chi connectivity index (χ0n) is 32.4. The van der Waals surface area contributed by atoms with Crippen molar-refractivity contribution in [2.24, 2.45) is 0 Å². The van der Waals surface area contributed by atoms with Gasteiger partial charge in [-0.25, -0.2) is 4.68 Å². The summed E-state index contributed by atoms with van der Waals surface area (Å²) in [6.07, 6.45) is -12.0. The van der Waals surface area contributed by atoms with Crippen molar-refractivity contribution in [2.75, 3.05) is 93.3 Å². The average Bonchev–Trinajstić information content (AvgIpc) is 3.67. The van der Waals surface area contributed by atoms with E-state index in [1.807, 2.05) is 0 Å². The van der Waals surface area contributed by atoms with Gasteiger partial charge in [-0.15, -0.1) is 5.10 Å². The van der Waals surface area contributed by atoms with E-state index in [0.29, 0.717) is 58.0 Å². The molecule has 1 aromatic heterocycles. The van der Waals surface area contributed by atoms with Crippen LogP contribution in [0.5, 0.6) is 0 Å². The first kappa shape index (κ1) is 47.6. The van der Waals surface area contributed by atoms with E-state index in [0.717, 1.165) is 0 Å². The van der Waals surface area contributed by atoms with Crippen LogP contribution in [0.15, 0.2) is 6.20 Å². The third-order valence-corrected chi connectivity index (χ3v) is 9.02. The average molecular weight is 810 g/mol. The molecule has 0 radical (unpaired) electrons. The van der Waals surface area contributed by atoms with Crippen LogP contribution >= 0.6 is 0 Å². The Balaban J connectivity index is 1.40. The number of rotatable bonds is 27. The Morgan fingerprint density at radius 1 is 0.804 bits per heavy atom. The van der Waals surface area contributed by atoms with Crippen LogP contribution in [-0.2, 0) is 58.8 Å². The van der Waals surface area contributed by atoms with Crippen molar-refractivity contribution in [3.63, 3.8) is 0 Å². The highest BCUT2D eigenvalue weighted by atomic mass is 16.7. The van der Waals surface area contributed by atoms with Crippen LogP contribution in [0.1, 0.15) is 37.2 Å². The first-order valence-corrected chi connectivity index (χ1v) is 18.6. The lowest BCUT2D eigenvalue weighted by Gasteiger charge is -2.42. The number of nitrogens with one attached hydrogen (secondary N) is 1. The van der Waals surface area contributed by atoms with Gasteiger partial charge in [0, 0.05) is 47.4 Å². The molecule has 2 fully saturated rings. The number of nitrogens with zero attached hydrogens (tertiary/aromatic N) is 4. The number of amides is 2. The Morgan fingerprint density at radius 3 is 2.07 bits per heavy atom. The molecule has 22 heteroatoms. The van der Waals surface area contributed by atoms with Crippen LogP contribution in [0.4, 0.5) is 0 Å². The lowest BCUT2D eigenvalue weighted by atomic mass is 9.97. The molecule has 2 aliphatic rings. The van der Waals surface area contributed by atoms with Gasteiger partial charge in [0.05, 0.1) is 65.6 Å². The van der Waals surface area contributed by atoms with Gasteiger partial charge in [0.25, 0.3) is 11.8 Å². The summed E-state index contributed by atoms with van der Waals surface area (Å²) in [4.78, 5) is 39.5. The summed E-state index contributed by atoms with van der Waals surface area (Å²) >= 11 is 0. The van der Waals surface area contributed by atoms with Crippen LogP contribution in [0.3, 0.4) is 0 Å². The fraction of sp³-hybridized carbons (Fsp3) is 0.853. The quantitative estimate of drug-likeness (QED) is 0.0367. The Bertz CT molecular complexity index is 1300. The summed E-state index contributed by atoms with van der Waals surface area (Å²) in [6.45, 7) is 5.27. The number of ether oxygens (including phenoxy) is 9. The molecule has 2 saturated heterocycles. The summed E-state index contributed by atoms with van der Waals surface area (Å²) in [6, 6.07) is 0. The molecule has 6 N–H and O–H groups in total. The number of methoxy groups -OCH3 is 2. The molecule has 3 heterocycles.